The third-order valence-corrected chi connectivity index (χ3v) is 4.26. The third-order valence-electron chi connectivity index (χ3n) is 3.71. The Morgan fingerprint density at radius 1 is 1.27 bits per heavy atom. The van der Waals surface area contributed by atoms with E-state index in [1.807, 2.05) is 41.4 Å². The van der Waals surface area contributed by atoms with Gasteiger partial charge in [0.05, 0.1) is 10.2 Å². The number of carbonyl (C=O) groups is 1. The van der Waals surface area contributed by atoms with Gasteiger partial charge >= 0.3 is 0 Å². The average molecular weight is 364 g/mol. The van der Waals surface area contributed by atoms with Crippen LogP contribution in [0, 0.1) is 0 Å². The molecule has 0 aliphatic carbocycles. The molecule has 1 fully saturated rings. The summed E-state index contributed by atoms with van der Waals surface area (Å²) in [7, 11) is 0. The summed E-state index contributed by atoms with van der Waals surface area (Å²) in [6, 6.07) is 9.77. The number of rotatable bonds is 4. The topological polar surface area (TPSA) is 47.4 Å². The number of para-hydroxylation sites is 1. The summed E-state index contributed by atoms with van der Waals surface area (Å²) in [4.78, 5) is 14.1. The lowest BCUT2D eigenvalue weighted by Gasteiger charge is -2.20. The van der Waals surface area contributed by atoms with Crippen molar-refractivity contribution in [3.8, 4) is 11.6 Å². The summed E-state index contributed by atoms with van der Waals surface area (Å²) in [5, 5.41) is 4.41. The zero-order valence-electron chi connectivity index (χ0n) is 12.4. The van der Waals surface area contributed by atoms with Gasteiger partial charge in [-0.05, 0) is 47.8 Å². The third kappa shape index (κ3) is 3.16. The normalized spacial score (nSPS) is 15.8. The van der Waals surface area contributed by atoms with Gasteiger partial charge in [0.25, 0.3) is 5.91 Å². The van der Waals surface area contributed by atoms with Crippen molar-refractivity contribution in [2.24, 2.45) is 0 Å². The Morgan fingerprint density at radius 2 is 1.95 bits per heavy atom. The van der Waals surface area contributed by atoms with Crippen molar-refractivity contribution in [3.63, 3.8) is 0 Å². The molecular formula is C16H18BrN3O2. The zero-order valence-corrected chi connectivity index (χ0v) is 14.0. The fourth-order valence-electron chi connectivity index (χ4n) is 2.54. The molecule has 2 aromatic rings. The summed E-state index contributed by atoms with van der Waals surface area (Å²) >= 11 is 3.44. The summed E-state index contributed by atoms with van der Waals surface area (Å²) in [5.41, 5.74) is 0.941. The lowest BCUT2D eigenvalue weighted by atomic mass is 10.3. The Bertz CT molecular complexity index is 651. The van der Waals surface area contributed by atoms with Crippen LogP contribution in [0.1, 0.15) is 19.8 Å². The van der Waals surface area contributed by atoms with Crippen LogP contribution in [0.5, 0.6) is 5.88 Å². The van der Waals surface area contributed by atoms with E-state index < -0.39 is 6.10 Å². The zero-order chi connectivity index (χ0) is 15.5. The predicted octanol–water partition coefficient (Wildman–Crippen LogP) is 3.02. The largest absolute Gasteiger partial charge is 0.463 e. The van der Waals surface area contributed by atoms with Crippen LogP contribution in [-0.2, 0) is 4.79 Å². The number of amides is 1. The summed E-state index contributed by atoms with van der Waals surface area (Å²) in [6.07, 6.45) is 3.45. The molecule has 0 radical (unpaired) electrons. The van der Waals surface area contributed by atoms with Crippen LogP contribution in [0.4, 0.5) is 0 Å². The van der Waals surface area contributed by atoms with Crippen molar-refractivity contribution >= 4 is 21.8 Å². The van der Waals surface area contributed by atoms with Gasteiger partial charge in [-0.2, -0.15) is 0 Å². The molecule has 116 valence electrons. The monoisotopic (exact) mass is 363 g/mol. The minimum Gasteiger partial charge on any atom is -0.463 e. The Morgan fingerprint density at radius 3 is 2.64 bits per heavy atom. The second-order valence-electron chi connectivity index (χ2n) is 5.35. The first-order chi connectivity index (χ1) is 10.6. The second-order valence-corrected chi connectivity index (χ2v) is 6.21. The fraction of sp³-hybridized carbons (Fsp3) is 0.375. The van der Waals surface area contributed by atoms with Gasteiger partial charge in [-0.15, -0.1) is 5.10 Å². The first kappa shape index (κ1) is 15.1. The molecule has 6 heteroatoms. The molecule has 1 atom stereocenters. The maximum atomic E-state index is 12.3. The first-order valence-electron chi connectivity index (χ1n) is 7.41. The van der Waals surface area contributed by atoms with E-state index in [-0.39, 0.29) is 5.91 Å². The van der Waals surface area contributed by atoms with E-state index in [0.29, 0.717) is 5.88 Å². The molecule has 1 aromatic heterocycles. The molecular weight excluding hydrogens is 346 g/mol. The van der Waals surface area contributed by atoms with E-state index in [1.54, 1.807) is 11.6 Å². The minimum atomic E-state index is -0.534. The molecule has 0 saturated carbocycles. The molecule has 1 aliphatic rings. The van der Waals surface area contributed by atoms with E-state index in [9.17, 15) is 4.79 Å². The summed E-state index contributed by atoms with van der Waals surface area (Å²) in [5.74, 6) is 0.461. The molecule has 0 unspecified atom stereocenters. The molecule has 1 amide bonds. The summed E-state index contributed by atoms with van der Waals surface area (Å²) < 4.78 is 8.21. The number of ether oxygens (including phenoxy) is 1. The number of hydrogen-bond acceptors (Lipinski definition) is 3. The number of halogens is 1. The molecule has 1 saturated heterocycles. The van der Waals surface area contributed by atoms with Crippen molar-refractivity contribution in [2.75, 3.05) is 13.1 Å². The van der Waals surface area contributed by atoms with Gasteiger partial charge in [0, 0.05) is 19.3 Å². The lowest BCUT2D eigenvalue weighted by Crippen LogP contribution is -2.38. The predicted molar refractivity (Wildman–Crippen MR) is 87.2 cm³/mol. The molecule has 2 heterocycles. The highest BCUT2D eigenvalue weighted by Crippen LogP contribution is 2.26. The number of likely N-dealkylation sites (tertiary alicyclic amines) is 1. The van der Waals surface area contributed by atoms with Gasteiger partial charge < -0.3 is 9.64 Å². The van der Waals surface area contributed by atoms with Crippen molar-refractivity contribution in [3.05, 3.63) is 41.0 Å². The Hall–Kier alpha value is -1.82. The van der Waals surface area contributed by atoms with Crippen LogP contribution in [-0.4, -0.2) is 39.8 Å². The fourth-order valence-corrected chi connectivity index (χ4v) is 2.91. The van der Waals surface area contributed by atoms with Crippen LogP contribution < -0.4 is 4.74 Å². The molecule has 0 bridgehead atoms. The second kappa shape index (κ2) is 6.52. The van der Waals surface area contributed by atoms with Crippen molar-refractivity contribution < 1.29 is 9.53 Å². The molecule has 1 aliphatic heterocycles. The van der Waals surface area contributed by atoms with Crippen LogP contribution in [0.15, 0.2) is 41.0 Å². The van der Waals surface area contributed by atoms with E-state index in [2.05, 4.69) is 21.0 Å². The number of nitrogens with zero attached hydrogens (tertiary/aromatic N) is 3. The standard InChI is InChI=1S/C16H18BrN3O2/c1-12(16(21)19-9-5-6-10-19)22-15-14(17)11-20(18-15)13-7-3-2-4-8-13/h2-4,7-8,11-12H,5-6,9-10H2,1H3/t12-/m0/s1. The first-order valence-corrected chi connectivity index (χ1v) is 8.20. The van der Waals surface area contributed by atoms with Crippen LogP contribution in [0.25, 0.3) is 5.69 Å². The molecule has 1 aromatic carbocycles. The molecule has 5 nitrogen and oxygen atoms in total. The average Bonchev–Trinajstić information content (AvgIpc) is 3.18. The van der Waals surface area contributed by atoms with E-state index in [0.717, 1.165) is 36.1 Å². The van der Waals surface area contributed by atoms with Crippen molar-refractivity contribution in [1.82, 2.24) is 14.7 Å². The molecule has 3 rings (SSSR count). The summed E-state index contributed by atoms with van der Waals surface area (Å²) in [6.45, 7) is 3.42. The van der Waals surface area contributed by atoms with Gasteiger partial charge in [0.2, 0.25) is 5.88 Å². The van der Waals surface area contributed by atoms with E-state index in [4.69, 9.17) is 4.74 Å². The Kier molecular flexibility index (Phi) is 4.47. The van der Waals surface area contributed by atoms with Crippen molar-refractivity contribution in [2.45, 2.75) is 25.9 Å². The van der Waals surface area contributed by atoms with Gasteiger partial charge in [-0.1, -0.05) is 18.2 Å². The van der Waals surface area contributed by atoms with Crippen LogP contribution >= 0.6 is 15.9 Å². The van der Waals surface area contributed by atoms with Gasteiger partial charge in [0.1, 0.15) is 0 Å². The highest BCUT2D eigenvalue weighted by molar-refractivity contribution is 9.10. The van der Waals surface area contributed by atoms with E-state index in [1.165, 1.54) is 0 Å². The van der Waals surface area contributed by atoms with Crippen LogP contribution in [0.2, 0.25) is 0 Å². The smallest absolute Gasteiger partial charge is 0.263 e. The maximum absolute atomic E-state index is 12.3. The quantitative estimate of drug-likeness (QED) is 0.838. The van der Waals surface area contributed by atoms with E-state index >= 15 is 0 Å². The molecule has 22 heavy (non-hydrogen) atoms. The Balaban J connectivity index is 1.72. The highest BCUT2D eigenvalue weighted by Gasteiger charge is 2.25. The SMILES string of the molecule is C[C@H](Oc1nn(-c2ccccc2)cc1Br)C(=O)N1CCCC1. The number of aromatic nitrogens is 2. The molecule has 0 spiro atoms. The lowest BCUT2D eigenvalue weighted by molar-refractivity contribution is -0.136. The van der Waals surface area contributed by atoms with Gasteiger partial charge in [-0.25, -0.2) is 4.68 Å². The van der Waals surface area contributed by atoms with Crippen LogP contribution in [0.3, 0.4) is 0 Å². The highest BCUT2D eigenvalue weighted by atomic mass is 79.9. The number of carbonyl (C=O) groups excluding carboxylic acids is 1. The van der Waals surface area contributed by atoms with Crippen molar-refractivity contribution in [1.29, 1.82) is 0 Å². The maximum Gasteiger partial charge on any atom is 0.263 e. The van der Waals surface area contributed by atoms with Gasteiger partial charge in [0.15, 0.2) is 6.10 Å². The number of benzene rings is 1. The molecule has 0 N–H and O–H groups in total. The van der Waals surface area contributed by atoms with Gasteiger partial charge in [-0.3, -0.25) is 4.79 Å². The minimum absolute atomic E-state index is 0.0265. The number of hydrogen-bond donors (Lipinski definition) is 0. The Labute approximate surface area is 138 Å².